The molecule has 0 amide bonds. The third-order valence-electron chi connectivity index (χ3n) is 0.813. The zero-order chi connectivity index (χ0) is 7.33. The highest BCUT2D eigenvalue weighted by Crippen LogP contribution is 2.06. The predicted octanol–water partition coefficient (Wildman–Crippen LogP) is 2.63. The first kappa shape index (κ1) is 9.69. The second-order valence-electron chi connectivity index (χ2n) is 3.00. The third kappa shape index (κ3) is 8.69. The van der Waals surface area contributed by atoms with Crippen LogP contribution in [0.1, 0.15) is 27.2 Å². The van der Waals surface area contributed by atoms with Crippen molar-refractivity contribution in [1.29, 1.82) is 0 Å². The monoisotopic (exact) mass is 242 g/mol. The molecule has 0 atom stereocenters. The number of hydrogen-bond acceptors (Lipinski definition) is 1. The van der Waals surface area contributed by atoms with Crippen molar-refractivity contribution in [2.75, 3.05) is 11.0 Å². The first-order valence-electron chi connectivity index (χ1n) is 3.26. The van der Waals surface area contributed by atoms with E-state index in [9.17, 15) is 0 Å². The molecule has 0 heterocycles. The summed E-state index contributed by atoms with van der Waals surface area (Å²) in [7, 11) is 0. The average molecular weight is 242 g/mol. The van der Waals surface area contributed by atoms with Crippen LogP contribution in [0.25, 0.3) is 0 Å². The van der Waals surface area contributed by atoms with Crippen LogP contribution in [0.5, 0.6) is 0 Å². The summed E-state index contributed by atoms with van der Waals surface area (Å²) in [5.41, 5.74) is 0.0474. The van der Waals surface area contributed by atoms with E-state index in [0.717, 1.165) is 13.0 Å². The lowest BCUT2D eigenvalue weighted by Crippen LogP contribution is -2.19. The Bertz CT molecular complexity index is 65.8. The van der Waals surface area contributed by atoms with Gasteiger partial charge in [-0.2, -0.15) is 0 Å². The molecule has 2 heteroatoms. The zero-order valence-electron chi connectivity index (χ0n) is 6.41. The Hall–Kier alpha value is 0.690. The van der Waals surface area contributed by atoms with Crippen LogP contribution in [-0.4, -0.2) is 16.6 Å². The molecular weight excluding hydrogens is 227 g/mol. The third-order valence-corrected chi connectivity index (χ3v) is 1.58. The number of ether oxygens (including phenoxy) is 1. The van der Waals surface area contributed by atoms with Gasteiger partial charge in [-0.15, -0.1) is 0 Å². The van der Waals surface area contributed by atoms with E-state index in [1.165, 1.54) is 4.43 Å². The molecule has 0 aliphatic rings. The highest BCUT2D eigenvalue weighted by molar-refractivity contribution is 14.1. The Balaban J connectivity index is 3.07. The maximum absolute atomic E-state index is 5.46. The topological polar surface area (TPSA) is 9.23 Å². The fourth-order valence-electron chi connectivity index (χ4n) is 0.433. The quantitative estimate of drug-likeness (QED) is 0.420. The van der Waals surface area contributed by atoms with E-state index in [2.05, 4.69) is 43.4 Å². The summed E-state index contributed by atoms with van der Waals surface area (Å²) in [5.74, 6) is 0. The molecule has 0 aliphatic carbocycles. The minimum Gasteiger partial charge on any atom is -0.376 e. The Morgan fingerprint density at radius 1 is 1.33 bits per heavy atom. The summed E-state index contributed by atoms with van der Waals surface area (Å²) in [6.07, 6.45) is 1.16. The highest BCUT2D eigenvalue weighted by atomic mass is 127. The Labute approximate surface area is 71.3 Å². The Morgan fingerprint density at radius 2 is 1.89 bits per heavy atom. The molecule has 0 rings (SSSR count). The zero-order valence-corrected chi connectivity index (χ0v) is 8.57. The molecule has 0 radical (unpaired) electrons. The van der Waals surface area contributed by atoms with Crippen molar-refractivity contribution in [1.82, 2.24) is 0 Å². The van der Waals surface area contributed by atoms with Gasteiger partial charge in [0, 0.05) is 11.0 Å². The normalized spacial score (nSPS) is 12.0. The van der Waals surface area contributed by atoms with E-state index in [1.54, 1.807) is 0 Å². The number of rotatable bonds is 3. The van der Waals surface area contributed by atoms with Crippen molar-refractivity contribution in [3.63, 3.8) is 0 Å². The van der Waals surface area contributed by atoms with Gasteiger partial charge in [-0.3, -0.25) is 0 Å². The van der Waals surface area contributed by atoms with Gasteiger partial charge in [0.15, 0.2) is 0 Å². The number of hydrogen-bond donors (Lipinski definition) is 0. The summed E-state index contributed by atoms with van der Waals surface area (Å²) >= 11 is 2.36. The minimum absolute atomic E-state index is 0.0474. The van der Waals surface area contributed by atoms with Gasteiger partial charge in [0.25, 0.3) is 0 Å². The van der Waals surface area contributed by atoms with Crippen LogP contribution in [0.15, 0.2) is 0 Å². The van der Waals surface area contributed by atoms with Gasteiger partial charge in [0.1, 0.15) is 0 Å². The van der Waals surface area contributed by atoms with Gasteiger partial charge in [0.2, 0.25) is 0 Å². The number of halogens is 1. The van der Waals surface area contributed by atoms with Crippen LogP contribution in [0.3, 0.4) is 0 Å². The summed E-state index contributed by atoms with van der Waals surface area (Å²) in [4.78, 5) is 0. The molecule has 0 bridgehead atoms. The molecule has 0 spiro atoms. The van der Waals surface area contributed by atoms with Gasteiger partial charge in [-0.1, -0.05) is 22.6 Å². The smallest absolute Gasteiger partial charge is 0.0598 e. The van der Waals surface area contributed by atoms with Gasteiger partial charge < -0.3 is 4.74 Å². The molecule has 0 saturated carbocycles. The predicted molar refractivity (Wildman–Crippen MR) is 49.2 cm³/mol. The van der Waals surface area contributed by atoms with Crippen LogP contribution < -0.4 is 0 Å². The molecule has 1 nitrogen and oxygen atoms in total. The molecule has 0 N–H and O–H groups in total. The van der Waals surface area contributed by atoms with Gasteiger partial charge in [-0.25, -0.2) is 0 Å². The molecule has 0 aliphatic heterocycles. The maximum atomic E-state index is 5.46. The van der Waals surface area contributed by atoms with E-state index in [-0.39, 0.29) is 5.60 Å². The summed E-state index contributed by atoms with van der Waals surface area (Å²) in [6, 6.07) is 0. The maximum Gasteiger partial charge on any atom is 0.0598 e. The summed E-state index contributed by atoms with van der Waals surface area (Å²) in [6.45, 7) is 7.15. The number of alkyl halides is 1. The Morgan fingerprint density at radius 3 is 2.22 bits per heavy atom. The van der Waals surface area contributed by atoms with Crippen LogP contribution in [0, 0.1) is 0 Å². The molecule has 0 unspecified atom stereocenters. The van der Waals surface area contributed by atoms with E-state index in [1.807, 2.05) is 0 Å². The second-order valence-corrected chi connectivity index (χ2v) is 4.08. The van der Waals surface area contributed by atoms with Crippen molar-refractivity contribution in [2.45, 2.75) is 32.8 Å². The van der Waals surface area contributed by atoms with Crippen molar-refractivity contribution < 1.29 is 4.74 Å². The fraction of sp³-hybridized carbons (Fsp3) is 1.00. The highest BCUT2D eigenvalue weighted by Gasteiger charge is 2.07. The lowest BCUT2D eigenvalue weighted by atomic mass is 10.2. The van der Waals surface area contributed by atoms with Crippen molar-refractivity contribution in [3.05, 3.63) is 0 Å². The first-order chi connectivity index (χ1) is 4.06. The lowest BCUT2D eigenvalue weighted by molar-refractivity contribution is -0.00174. The minimum atomic E-state index is 0.0474. The standard InChI is InChI=1S/C7H15IO/c1-7(2,3)9-6-4-5-8/h4-6H2,1-3H3. The van der Waals surface area contributed by atoms with Gasteiger partial charge in [0.05, 0.1) is 5.60 Å². The van der Waals surface area contributed by atoms with E-state index in [4.69, 9.17) is 4.74 Å². The molecule has 56 valence electrons. The molecular formula is C7H15IO. The summed E-state index contributed by atoms with van der Waals surface area (Å²) < 4.78 is 6.65. The van der Waals surface area contributed by atoms with Gasteiger partial charge in [-0.05, 0) is 27.2 Å². The van der Waals surface area contributed by atoms with E-state index < -0.39 is 0 Å². The van der Waals surface area contributed by atoms with Crippen molar-refractivity contribution in [3.8, 4) is 0 Å². The lowest BCUT2D eigenvalue weighted by Gasteiger charge is -2.18. The van der Waals surface area contributed by atoms with Crippen LogP contribution in [-0.2, 0) is 4.74 Å². The van der Waals surface area contributed by atoms with Gasteiger partial charge >= 0.3 is 0 Å². The van der Waals surface area contributed by atoms with Crippen molar-refractivity contribution >= 4 is 22.6 Å². The van der Waals surface area contributed by atoms with Crippen LogP contribution >= 0.6 is 22.6 Å². The van der Waals surface area contributed by atoms with E-state index in [0.29, 0.717) is 0 Å². The fourth-order valence-corrected chi connectivity index (χ4v) is 0.744. The van der Waals surface area contributed by atoms with Crippen LogP contribution in [0.4, 0.5) is 0 Å². The van der Waals surface area contributed by atoms with E-state index >= 15 is 0 Å². The van der Waals surface area contributed by atoms with Crippen molar-refractivity contribution in [2.24, 2.45) is 0 Å². The molecule has 0 fully saturated rings. The SMILES string of the molecule is CC(C)(C)OCCCI. The van der Waals surface area contributed by atoms with Crippen LogP contribution in [0.2, 0.25) is 0 Å². The average Bonchev–Trinajstić information content (AvgIpc) is 1.63. The molecule has 0 aromatic rings. The second kappa shape index (κ2) is 4.50. The largest absolute Gasteiger partial charge is 0.376 e. The molecule has 0 aromatic heterocycles. The first-order valence-corrected chi connectivity index (χ1v) is 4.79. The molecule has 9 heavy (non-hydrogen) atoms. The molecule has 0 aromatic carbocycles. The summed E-state index contributed by atoms with van der Waals surface area (Å²) in [5, 5.41) is 0. The Kier molecular flexibility index (Phi) is 4.84. The molecule has 0 saturated heterocycles.